The number of nitrogens with one attached hydrogen (secondary N) is 1. The summed E-state index contributed by atoms with van der Waals surface area (Å²) in [5.41, 5.74) is -0.261. The van der Waals surface area contributed by atoms with Crippen molar-refractivity contribution in [2.45, 2.75) is 6.54 Å². The Morgan fingerprint density at radius 2 is 1.74 bits per heavy atom. The number of pyridine rings is 1. The van der Waals surface area contributed by atoms with E-state index in [1.807, 2.05) is 0 Å². The van der Waals surface area contributed by atoms with Crippen molar-refractivity contribution in [2.24, 2.45) is 0 Å². The molecule has 0 atom stereocenters. The smallest absolute Gasteiger partial charge is 0.270 e. The van der Waals surface area contributed by atoms with Gasteiger partial charge in [-0.3, -0.25) is 29.8 Å². The molecular weight excluding hydrogens is 406 g/mol. The number of aromatic nitrogens is 1. The molecule has 0 radical (unpaired) electrons. The second-order valence-electron chi connectivity index (χ2n) is 6.36. The van der Waals surface area contributed by atoms with E-state index >= 15 is 0 Å². The van der Waals surface area contributed by atoms with E-state index in [0.717, 1.165) is 12.1 Å². The Labute approximate surface area is 174 Å². The van der Waals surface area contributed by atoms with Crippen LogP contribution in [0.5, 0.6) is 0 Å². The summed E-state index contributed by atoms with van der Waals surface area (Å²) in [5, 5.41) is 33.5. The van der Waals surface area contributed by atoms with Crippen molar-refractivity contribution in [3.05, 3.63) is 108 Å². The Kier molecular flexibility index (Phi) is 5.83. The summed E-state index contributed by atoms with van der Waals surface area (Å²) in [7, 11) is 0. The number of non-ortho nitro benzene ring substituents is 2. The van der Waals surface area contributed by atoms with Crippen LogP contribution in [0.25, 0.3) is 0 Å². The molecule has 11 heteroatoms. The lowest BCUT2D eigenvalue weighted by Gasteiger charge is -2.10. The molecule has 3 aromatic rings. The molecule has 31 heavy (non-hydrogen) atoms. The molecule has 0 bridgehead atoms. The lowest BCUT2D eigenvalue weighted by Crippen LogP contribution is -2.22. The number of rotatable bonds is 6. The van der Waals surface area contributed by atoms with Crippen molar-refractivity contribution in [2.75, 3.05) is 5.32 Å². The summed E-state index contributed by atoms with van der Waals surface area (Å²) >= 11 is 0. The zero-order valence-electron chi connectivity index (χ0n) is 15.7. The quantitative estimate of drug-likeness (QED) is 0.474. The highest BCUT2D eigenvalue weighted by Gasteiger charge is 2.15. The van der Waals surface area contributed by atoms with Gasteiger partial charge in [0.05, 0.1) is 33.2 Å². The first-order chi connectivity index (χ1) is 14.8. The fourth-order valence-corrected chi connectivity index (χ4v) is 2.80. The third kappa shape index (κ3) is 4.77. The molecule has 0 aliphatic carbocycles. The maximum Gasteiger partial charge on any atom is 0.270 e. The lowest BCUT2D eigenvalue weighted by atomic mass is 10.1. The Hall–Kier alpha value is -4.85. The van der Waals surface area contributed by atoms with Crippen molar-refractivity contribution in [3.8, 4) is 6.07 Å². The number of hydrogen-bond acceptors (Lipinski definition) is 7. The van der Waals surface area contributed by atoms with Crippen LogP contribution in [0, 0.1) is 31.6 Å². The van der Waals surface area contributed by atoms with Crippen molar-refractivity contribution in [1.29, 1.82) is 5.26 Å². The van der Waals surface area contributed by atoms with Crippen LogP contribution in [0.1, 0.15) is 21.5 Å². The normalized spacial score (nSPS) is 10.2. The molecule has 1 N–H and O–H groups in total. The second-order valence-corrected chi connectivity index (χ2v) is 6.36. The summed E-state index contributed by atoms with van der Waals surface area (Å²) in [4.78, 5) is 45.3. The molecule has 154 valence electrons. The number of nitro benzene ring substituents is 2. The molecule has 0 saturated carbocycles. The highest BCUT2D eigenvalue weighted by molar-refractivity contribution is 6.04. The zero-order valence-corrected chi connectivity index (χ0v) is 15.7. The number of benzene rings is 2. The highest BCUT2D eigenvalue weighted by Crippen LogP contribution is 2.22. The summed E-state index contributed by atoms with van der Waals surface area (Å²) in [6.45, 7) is 0.00259. The number of nitrogens with zero attached hydrogens (tertiary/aromatic N) is 4. The topological polar surface area (TPSA) is 161 Å². The van der Waals surface area contributed by atoms with Crippen LogP contribution >= 0.6 is 0 Å². The van der Waals surface area contributed by atoms with Crippen molar-refractivity contribution in [1.82, 2.24) is 4.57 Å². The highest BCUT2D eigenvalue weighted by atomic mass is 16.6. The van der Waals surface area contributed by atoms with E-state index in [1.54, 1.807) is 12.1 Å². The fraction of sp³-hybridized carbons (Fsp3) is 0.0500. The number of amides is 1. The largest absolute Gasteiger partial charge is 0.321 e. The maximum absolute atomic E-state index is 12.6. The van der Waals surface area contributed by atoms with Gasteiger partial charge in [0.25, 0.3) is 22.8 Å². The summed E-state index contributed by atoms with van der Waals surface area (Å²) in [6.07, 6.45) is 1.29. The minimum absolute atomic E-state index is 0.00259. The van der Waals surface area contributed by atoms with Gasteiger partial charge in [-0.05, 0) is 17.7 Å². The monoisotopic (exact) mass is 419 g/mol. The van der Waals surface area contributed by atoms with Crippen LogP contribution in [-0.4, -0.2) is 20.3 Å². The van der Waals surface area contributed by atoms with E-state index in [9.17, 15) is 35.1 Å². The van der Waals surface area contributed by atoms with Gasteiger partial charge in [0.2, 0.25) is 0 Å². The third-order valence-corrected chi connectivity index (χ3v) is 4.30. The molecule has 0 unspecified atom stereocenters. The molecule has 0 aliphatic rings. The molecule has 11 nitrogen and oxygen atoms in total. The molecule has 1 aromatic heterocycles. The maximum atomic E-state index is 12.6. The van der Waals surface area contributed by atoms with E-state index in [2.05, 4.69) is 5.32 Å². The van der Waals surface area contributed by atoms with Crippen LogP contribution in [-0.2, 0) is 6.54 Å². The van der Waals surface area contributed by atoms with Crippen molar-refractivity contribution in [3.63, 3.8) is 0 Å². The van der Waals surface area contributed by atoms with E-state index in [4.69, 9.17) is 0 Å². The first kappa shape index (κ1) is 20.9. The average molecular weight is 419 g/mol. The van der Waals surface area contributed by atoms with Crippen LogP contribution in [0.3, 0.4) is 0 Å². The molecule has 1 heterocycles. The number of carbonyl (C=O) groups excluding carboxylic acids is 1. The number of nitriles is 1. The summed E-state index contributed by atoms with van der Waals surface area (Å²) < 4.78 is 1.22. The zero-order chi connectivity index (χ0) is 22.5. The Balaban J connectivity index is 1.86. The molecule has 0 aliphatic heterocycles. The number of nitro groups is 2. The van der Waals surface area contributed by atoms with Gasteiger partial charge in [-0.15, -0.1) is 0 Å². The Morgan fingerprint density at radius 3 is 2.42 bits per heavy atom. The third-order valence-electron chi connectivity index (χ3n) is 4.30. The standard InChI is InChI=1S/C20H13N5O6/c21-10-15-9-17(25(30)31)5-6-18(15)22-20(27)14-4-7-19(26)23(12-14)11-13-2-1-3-16(8-13)24(28)29/h1-9,12H,11H2,(H,22,27). The molecule has 0 fully saturated rings. The van der Waals surface area contributed by atoms with Gasteiger partial charge in [-0.1, -0.05) is 12.1 Å². The predicted octanol–water partition coefficient (Wildman–Crippen LogP) is 2.84. The van der Waals surface area contributed by atoms with Crippen molar-refractivity contribution >= 4 is 23.0 Å². The Morgan fingerprint density at radius 1 is 1.03 bits per heavy atom. The Bertz CT molecular complexity index is 1310. The first-order valence-corrected chi connectivity index (χ1v) is 8.72. The van der Waals surface area contributed by atoms with E-state index in [-0.39, 0.29) is 34.7 Å². The number of hydrogen-bond donors (Lipinski definition) is 1. The van der Waals surface area contributed by atoms with E-state index < -0.39 is 21.3 Å². The SMILES string of the molecule is N#Cc1cc([N+](=O)[O-])ccc1NC(=O)c1ccc(=O)n(Cc2cccc([N+](=O)[O-])c2)c1. The number of anilines is 1. The fourth-order valence-electron chi connectivity index (χ4n) is 2.80. The minimum Gasteiger partial charge on any atom is -0.321 e. The van der Waals surface area contributed by atoms with E-state index in [1.165, 1.54) is 47.2 Å². The molecular formula is C20H13N5O6. The molecule has 0 spiro atoms. The molecule has 1 amide bonds. The van der Waals surface area contributed by atoms with Gasteiger partial charge in [0.15, 0.2) is 0 Å². The van der Waals surface area contributed by atoms with Gasteiger partial charge in [0, 0.05) is 36.5 Å². The molecule has 2 aromatic carbocycles. The molecule has 0 saturated heterocycles. The van der Waals surface area contributed by atoms with Crippen LogP contribution < -0.4 is 10.9 Å². The van der Waals surface area contributed by atoms with Crippen LogP contribution in [0.15, 0.2) is 65.6 Å². The van der Waals surface area contributed by atoms with E-state index in [0.29, 0.717) is 5.56 Å². The lowest BCUT2D eigenvalue weighted by molar-refractivity contribution is -0.385. The minimum atomic E-state index is -0.656. The average Bonchev–Trinajstić information content (AvgIpc) is 2.75. The first-order valence-electron chi connectivity index (χ1n) is 8.72. The summed E-state index contributed by atoms with van der Waals surface area (Å²) in [5.74, 6) is -0.641. The molecule has 3 rings (SSSR count). The van der Waals surface area contributed by atoms with Crippen molar-refractivity contribution < 1.29 is 14.6 Å². The summed E-state index contributed by atoms with van der Waals surface area (Å²) in [6, 6.07) is 13.4. The second kappa shape index (κ2) is 8.66. The van der Waals surface area contributed by atoms with Gasteiger partial charge in [-0.2, -0.15) is 5.26 Å². The van der Waals surface area contributed by atoms with Crippen LogP contribution in [0.2, 0.25) is 0 Å². The number of carbonyl (C=O) groups is 1. The van der Waals surface area contributed by atoms with Crippen LogP contribution in [0.4, 0.5) is 17.1 Å². The van der Waals surface area contributed by atoms with Gasteiger partial charge >= 0.3 is 0 Å². The van der Waals surface area contributed by atoms with Gasteiger partial charge in [-0.25, -0.2) is 0 Å². The van der Waals surface area contributed by atoms with Gasteiger partial charge in [0.1, 0.15) is 6.07 Å². The predicted molar refractivity (Wildman–Crippen MR) is 109 cm³/mol. The van der Waals surface area contributed by atoms with Gasteiger partial charge < -0.3 is 9.88 Å².